The van der Waals surface area contributed by atoms with E-state index in [4.69, 9.17) is 0 Å². The van der Waals surface area contributed by atoms with E-state index in [1.54, 1.807) is 0 Å². The lowest BCUT2D eigenvalue weighted by Gasteiger charge is -2.25. The second-order valence-electron chi connectivity index (χ2n) is 5.40. The lowest BCUT2D eigenvalue weighted by Crippen LogP contribution is -2.39. The lowest BCUT2D eigenvalue weighted by atomic mass is 9.88. The Balaban J connectivity index is 1.73. The normalized spacial score (nSPS) is 17.1. The van der Waals surface area contributed by atoms with E-state index in [0.717, 1.165) is 30.0 Å². The van der Waals surface area contributed by atoms with E-state index in [-0.39, 0.29) is 11.9 Å². The van der Waals surface area contributed by atoms with Crippen molar-refractivity contribution in [3.63, 3.8) is 0 Å². The van der Waals surface area contributed by atoms with Gasteiger partial charge in [0.2, 0.25) is 0 Å². The molecular weight excluding hydrogens is 282 g/mol. The van der Waals surface area contributed by atoms with Crippen molar-refractivity contribution in [2.24, 2.45) is 0 Å². The van der Waals surface area contributed by atoms with Gasteiger partial charge in [-0.15, -0.1) is 0 Å². The van der Waals surface area contributed by atoms with Crippen LogP contribution in [0.15, 0.2) is 24.3 Å². The molecule has 2 aromatic rings. The SMILES string of the molecule is CNc1snc(C)c1C(=O)NC1CCc2ccccc2C1. The topological polar surface area (TPSA) is 54.0 Å². The number of nitrogens with one attached hydrogen (secondary N) is 2. The first kappa shape index (κ1) is 14.1. The summed E-state index contributed by atoms with van der Waals surface area (Å²) in [6.45, 7) is 1.88. The molecule has 4 nitrogen and oxygen atoms in total. The number of aromatic nitrogens is 1. The highest BCUT2D eigenvalue weighted by Gasteiger charge is 2.23. The smallest absolute Gasteiger partial charge is 0.256 e. The van der Waals surface area contributed by atoms with Crippen LogP contribution in [0.1, 0.15) is 33.6 Å². The van der Waals surface area contributed by atoms with E-state index in [1.807, 2.05) is 14.0 Å². The van der Waals surface area contributed by atoms with E-state index >= 15 is 0 Å². The molecule has 0 saturated heterocycles. The second kappa shape index (κ2) is 5.85. The fourth-order valence-electron chi connectivity index (χ4n) is 2.89. The van der Waals surface area contributed by atoms with Crippen LogP contribution in [-0.2, 0) is 12.8 Å². The number of fused-ring (bicyclic) bond motifs is 1. The summed E-state index contributed by atoms with van der Waals surface area (Å²) in [5, 5.41) is 7.05. The largest absolute Gasteiger partial charge is 0.378 e. The van der Waals surface area contributed by atoms with Crippen LogP contribution in [0.25, 0.3) is 0 Å². The molecule has 1 heterocycles. The number of benzene rings is 1. The molecule has 1 aliphatic rings. The number of anilines is 1. The van der Waals surface area contributed by atoms with Crippen LogP contribution in [0.3, 0.4) is 0 Å². The first-order chi connectivity index (χ1) is 10.2. The second-order valence-corrected chi connectivity index (χ2v) is 6.18. The Morgan fingerprint density at radius 3 is 2.86 bits per heavy atom. The van der Waals surface area contributed by atoms with Crippen molar-refractivity contribution in [3.05, 3.63) is 46.6 Å². The molecule has 110 valence electrons. The monoisotopic (exact) mass is 301 g/mol. The van der Waals surface area contributed by atoms with Crippen LogP contribution >= 0.6 is 11.5 Å². The van der Waals surface area contributed by atoms with Gasteiger partial charge in [0.15, 0.2) is 0 Å². The Labute approximate surface area is 128 Å². The molecule has 2 N–H and O–H groups in total. The van der Waals surface area contributed by atoms with Crippen molar-refractivity contribution in [3.8, 4) is 0 Å². The molecule has 0 bridgehead atoms. The maximum absolute atomic E-state index is 12.5. The average molecular weight is 301 g/mol. The van der Waals surface area contributed by atoms with Crippen LogP contribution in [0.4, 0.5) is 5.00 Å². The van der Waals surface area contributed by atoms with Gasteiger partial charge in [0.1, 0.15) is 5.00 Å². The van der Waals surface area contributed by atoms with Crippen LogP contribution in [0.5, 0.6) is 0 Å². The van der Waals surface area contributed by atoms with Crippen molar-refractivity contribution in [2.75, 3.05) is 12.4 Å². The minimum absolute atomic E-state index is 0.0185. The number of amides is 1. The van der Waals surface area contributed by atoms with Gasteiger partial charge in [-0.2, -0.15) is 4.37 Å². The van der Waals surface area contributed by atoms with Crippen molar-refractivity contribution in [2.45, 2.75) is 32.2 Å². The molecule has 1 amide bonds. The first-order valence-corrected chi connectivity index (χ1v) is 7.98. The highest BCUT2D eigenvalue weighted by Crippen LogP contribution is 2.25. The number of carbonyl (C=O) groups excluding carboxylic acids is 1. The molecule has 0 aliphatic heterocycles. The number of hydrogen-bond acceptors (Lipinski definition) is 4. The first-order valence-electron chi connectivity index (χ1n) is 7.20. The Bertz CT molecular complexity index is 665. The van der Waals surface area contributed by atoms with E-state index < -0.39 is 0 Å². The van der Waals surface area contributed by atoms with E-state index in [1.165, 1.54) is 22.7 Å². The number of nitrogens with zero attached hydrogens (tertiary/aromatic N) is 1. The number of hydrogen-bond donors (Lipinski definition) is 2. The number of aryl methyl sites for hydroxylation is 2. The molecule has 0 spiro atoms. The van der Waals surface area contributed by atoms with Gasteiger partial charge < -0.3 is 10.6 Å². The molecule has 5 heteroatoms. The van der Waals surface area contributed by atoms with Crippen LogP contribution in [0, 0.1) is 6.92 Å². The van der Waals surface area contributed by atoms with Gasteiger partial charge >= 0.3 is 0 Å². The molecule has 0 saturated carbocycles. The summed E-state index contributed by atoms with van der Waals surface area (Å²) in [4.78, 5) is 12.5. The summed E-state index contributed by atoms with van der Waals surface area (Å²) in [6, 6.07) is 8.69. The summed E-state index contributed by atoms with van der Waals surface area (Å²) >= 11 is 1.33. The fraction of sp³-hybridized carbons (Fsp3) is 0.375. The fourth-order valence-corrected chi connectivity index (χ4v) is 3.63. The van der Waals surface area contributed by atoms with Gasteiger partial charge in [-0.25, -0.2) is 0 Å². The predicted octanol–water partition coefficient (Wildman–Crippen LogP) is 2.78. The molecule has 3 rings (SSSR count). The minimum atomic E-state index is -0.0185. The van der Waals surface area contributed by atoms with Crippen molar-refractivity contribution >= 4 is 22.4 Å². The highest BCUT2D eigenvalue weighted by atomic mass is 32.1. The molecule has 1 aromatic heterocycles. The van der Waals surface area contributed by atoms with Crippen molar-refractivity contribution < 1.29 is 4.79 Å². The molecular formula is C16H19N3OS. The van der Waals surface area contributed by atoms with Crippen LogP contribution in [-0.4, -0.2) is 23.4 Å². The Morgan fingerprint density at radius 2 is 2.10 bits per heavy atom. The third-order valence-electron chi connectivity index (χ3n) is 4.00. The molecule has 1 aliphatic carbocycles. The summed E-state index contributed by atoms with van der Waals surface area (Å²) in [6.07, 6.45) is 2.93. The third kappa shape index (κ3) is 2.78. The summed E-state index contributed by atoms with van der Waals surface area (Å²) in [7, 11) is 1.82. The quantitative estimate of drug-likeness (QED) is 0.916. The van der Waals surface area contributed by atoms with E-state index in [0.29, 0.717) is 5.56 Å². The molecule has 0 radical (unpaired) electrons. The van der Waals surface area contributed by atoms with Crippen molar-refractivity contribution in [1.82, 2.24) is 9.69 Å². The number of carbonyl (C=O) groups is 1. The molecule has 1 unspecified atom stereocenters. The Hall–Kier alpha value is -1.88. The minimum Gasteiger partial charge on any atom is -0.378 e. The summed E-state index contributed by atoms with van der Waals surface area (Å²) in [5.41, 5.74) is 4.23. The maximum Gasteiger partial charge on any atom is 0.256 e. The lowest BCUT2D eigenvalue weighted by molar-refractivity contribution is 0.0934. The third-order valence-corrected chi connectivity index (χ3v) is 4.95. The molecule has 1 atom stereocenters. The van der Waals surface area contributed by atoms with Crippen molar-refractivity contribution in [1.29, 1.82) is 0 Å². The van der Waals surface area contributed by atoms with Gasteiger partial charge in [0.05, 0.1) is 11.3 Å². The molecule has 1 aromatic carbocycles. The van der Waals surface area contributed by atoms with E-state index in [9.17, 15) is 4.79 Å². The maximum atomic E-state index is 12.5. The van der Waals surface area contributed by atoms with E-state index in [2.05, 4.69) is 39.3 Å². The highest BCUT2D eigenvalue weighted by molar-refractivity contribution is 7.10. The van der Waals surface area contributed by atoms with Gasteiger partial charge in [-0.3, -0.25) is 4.79 Å². The number of rotatable bonds is 3. The zero-order valence-corrected chi connectivity index (χ0v) is 13.1. The molecule has 21 heavy (non-hydrogen) atoms. The average Bonchev–Trinajstić information content (AvgIpc) is 2.88. The predicted molar refractivity (Wildman–Crippen MR) is 86.1 cm³/mol. The Kier molecular flexibility index (Phi) is 3.92. The molecule has 0 fully saturated rings. The van der Waals surface area contributed by atoms with Gasteiger partial charge in [-0.1, -0.05) is 24.3 Å². The zero-order valence-electron chi connectivity index (χ0n) is 12.3. The van der Waals surface area contributed by atoms with Gasteiger partial charge in [0, 0.05) is 13.1 Å². The zero-order chi connectivity index (χ0) is 14.8. The van der Waals surface area contributed by atoms with Crippen LogP contribution in [0.2, 0.25) is 0 Å². The summed E-state index contributed by atoms with van der Waals surface area (Å²) in [5.74, 6) is -0.0185. The Morgan fingerprint density at radius 1 is 1.33 bits per heavy atom. The van der Waals surface area contributed by atoms with Crippen LogP contribution < -0.4 is 10.6 Å². The summed E-state index contributed by atoms with van der Waals surface area (Å²) < 4.78 is 4.26. The standard InChI is InChI=1S/C16H19N3OS/c1-10-14(16(17-2)21-19-10)15(20)18-13-8-7-11-5-3-4-6-12(11)9-13/h3-6,13,17H,7-9H2,1-2H3,(H,18,20). The van der Waals surface area contributed by atoms with Gasteiger partial charge in [-0.05, 0) is 48.8 Å². The van der Waals surface area contributed by atoms with Gasteiger partial charge in [0.25, 0.3) is 5.91 Å².